The summed E-state index contributed by atoms with van der Waals surface area (Å²) in [6, 6.07) is 0. The zero-order valence-corrected chi connectivity index (χ0v) is 12.0. The van der Waals surface area contributed by atoms with Crippen LogP contribution in [0.5, 0.6) is 0 Å². The van der Waals surface area contributed by atoms with E-state index in [1.54, 1.807) is 0 Å². The van der Waals surface area contributed by atoms with Crippen LogP contribution in [-0.4, -0.2) is 48.1 Å². The van der Waals surface area contributed by atoms with Crippen LogP contribution < -0.4 is 0 Å². The van der Waals surface area contributed by atoms with Gasteiger partial charge in [0.2, 0.25) is 0 Å². The Morgan fingerprint density at radius 2 is 1.47 bits per heavy atom. The lowest BCUT2D eigenvalue weighted by Crippen LogP contribution is -2.54. The lowest BCUT2D eigenvalue weighted by molar-refractivity contribution is 0.0522. The molecule has 0 N–H and O–H groups in total. The first-order chi connectivity index (χ1) is 8.05. The maximum atomic E-state index is 2.71. The highest BCUT2D eigenvalue weighted by molar-refractivity contribution is 4.83. The number of nitrogens with zero attached hydrogens (tertiary/aromatic N) is 2. The number of hydrogen-bond acceptors (Lipinski definition) is 2. The summed E-state index contributed by atoms with van der Waals surface area (Å²) in [5, 5.41) is 0. The summed E-state index contributed by atoms with van der Waals surface area (Å²) < 4.78 is 0. The molecule has 0 radical (unpaired) electrons. The summed E-state index contributed by atoms with van der Waals surface area (Å²) in [4.78, 5) is 5.34. The lowest BCUT2D eigenvalue weighted by atomic mass is 9.89. The van der Waals surface area contributed by atoms with Crippen molar-refractivity contribution in [3.8, 4) is 0 Å². The predicted molar refractivity (Wildman–Crippen MR) is 74.3 cm³/mol. The van der Waals surface area contributed by atoms with Gasteiger partial charge in [0.1, 0.15) is 0 Å². The molecule has 0 aromatic heterocycles. The summed E-state index contributed by atoms with van der Waals surface area (Å²) in [7, 11) is 0. The Kier molecular flexibility index (Phi) is 4.48. The zero-order chi connectivity index (χ0) is 12.3. The van der Waals surface area contributed by atoms with Crippen molar-refractivity contribution < 1.29 is 0 Å². The maximum absolute atomic E-state index is 2.71. The topological polar surface area (TPSA) is 6.48 Å². The van der Waals surface area contributed by atoms with Crippen LogP contribution in [0.2, 0.25) is 0 Å². The van der Waals surface area contributed by atoms with E-state index in [9.17, 15) is 0 Å². The molecule has 100 valence electrons. The van der Waals surface area contributed by atoms with Gasteiger partial charge in [-0.05, 0) is 39.5 Å². The van der Waals surface area contributed by atoms with Crippen LogP contribution in [0.1, 0.15) is 52.9 Å². The Morgan fingerprint density at radius 3 is 2.00 bits per heavy atom. The Labute approximate surface area is 107 Å². The standard InChI is InChI=1S/C15H30N2/c1-15(2,3)17-11-9-16(10-12-17)13-14-7-5-4-6-8-14/h14H,4-13H2,1-3H3. The van der Waals surface area contributed by atoms with Crippen LogP contribution in [0.15, 0.2) is 0 Å². The molecule has 1 aliphatic carbocycles. The third kappa shape index (κ3) is 3.96. The maximum Gasteiger partial charge on any atom is 0.0126 e. The van der Waals surface area contributed by atoms with E-state index in [0.717, 1.165) is 5.92 Å². The molecule has 2 rings (SSSR count). The van der Waals surface area contributed by atoms with E-state index in [0.29, 0.717) is 5.54 Å². The summed E-state index contributed by atoms with van der Waals surface area (Å²) in [5.41, 5.74) is 0.358. The van der Waals surface area contributed by atoms with Gasteiger partial charge in [0.05, 0.1) is 0 Å². The second-order valence-electron chi connectivity index (χ2n) is 6.96. The van der Waals surface area contributed by atoms with Gasteiger partial charge in [0.25, 0.3) is 0 Å². The molecular weight excluding hydrogens is 208 g/mol. The molecule has 0 amide bonds. The van der Waals surface area contributed by atoms with Gasteiger partial charge in [-0.1, -0.05) is 19.3 Å². The van der Waals surface area contributed by atoms with Gasteiger partial charge in [0, 0.05) is 38.3 Å². The molecule has 17 heavy (non-hydrogen) atoms. The molecule has 2 heteroatoms. The van der Waals surface area contributed by atoms with Crippen molar-refractivity contribution in [1.29, 1.82) is 0 Å². The second-order valence-corrected chi connectivity index (χ2v) is 6.96. The molecule has 0 aromatic carbocycles. The summed E-state index contributed by atoms with van der Waals surface area (Å²) >= 11 is 0. The quantitative estimate of drug-likeness (QED) is 0.730. The van der Waals surface area contributed by atoms with E-state index < -0.39 is 0 Å². The molecule has 2 nitrogen and oxygen atoms in total. The van der Waals surface area contributed by atoms with Gasteiger partial charge in [-0.3, -0.25) is 4.90 Å². The van der Waals surface area contributed by atoms with E-state index in [4.69, 9.17) is 0 Å². The van der Waals surface area contributed by atoms with Crippen molar-refractivity contribution in [2.45, 2.75) is 58.4 Å². The fourth-order valence-corrected chi connectivity index (χ4v) is 3.34. The van der Waals surface area contributed by atoms with E-state index in [2.05, 4.69) is 30.6 Å². The van der Waals surface area contributed by atoms with Crippen molar-refractivity contribution in [2.24, 2.45) is 5.92 Å². The van der Waals surface area contributed by atoms with Crippen LogP contribution >= 0.6 is 0 Å². The van der Waals surface area contributed by atoms with Gasteiger partial charge >= 0.3 is 0 Å². The molecule has 1 saturated heterocycles. The first-order valence-electron chi connectivity index (χ1n) is 7.53. The van der Waals surface area contributed by atoms with Crippen molar-refractivity contribution >= 4 is 0 Å². The van der Waals surface area contributed by atoms with Gasteiger partial charge in [-0.25, -0.2) is 0 Å². The average molecular weight is 238 g/mol. The Hall–Kier alpha value is -0.0800. The van der Waals surface area contributed by atoms with Crippen LogP contribution in [-0.2, 0) is 0 Å². The molecule has 1 saturated carbocycles. The van der Waals surface area contributed by atoms with Crippen molar-refractivity contribution in [1.82, 2.24) is 9.80 Å². The minimum atomic E-state index is 0.358. The number of piperazine rings is 1. The molecule has 1 aliphatic heterocycles. The number of hydrogen-bond donors (Lipinski definition) is 0. The third-order valence-electron chi connectivity index (χ3n) is 4.56. The highest BCUT2D eigenvalue weighted by Crippen LogP contribution is 2.25. The smallest absolute Gasteiger partial charge is 0.0126 e. The molecule has 2 fully saturated rings. The van der Waals surface area contributed by atoms with Crippen molar-refractivity contribution in [3.63, 3.8) is 0 Å². The largest absolute Gasteiger partial charge is 0.301 e. The predicted octanol–water partition coefficient (Wildman–Crippen LogP) is 2.98. The monoisotopic (exact) mass is 238 g/mol. The summed E-state index contributed by atoms with van der Waals surface area (Å²) in [6.07, 6.45) is 7.41. The van der Waals surface area contributed by atoms with Crippen LogP contribution in [0.3, 0.4) is 0 Å². The average Bonchev–Trinajstić information content (AvgIpc) is 2.30. The molecule has 0 bridgehead atoms. The minimum absolute atomic E-state index is 0.358. The van der Waals surface area contributed by atoms with E-state index >= 15 is 0 Å². The molecule has 0 atom stereocenters. The van der Waals surface area contributed by atoms with Crippen LogP contribution in [0, 0.1) is 5.92 Å². The fraction of sp³-hybridized carbons (Fsp3) is 1.00. The fourth-order valence-electron chi connectivity index (χ4n) is 3.34. The highest BCUT2D eigenvalue weighted by atomic mass is 15.3. The van der Waals surface area contributed by atoms with Crippen molar-refractivity contribution in [3.05, 3.63) is 0 Å². The zero-order valence-electron chi connectivity index (χ0n) is 12.0. The third-order valence-corrected chi connectivity index (χ3v) is 4.56. The molecule has 2 aliphatic rings. The van der Waals surface area contributed by atoms with Gasteiger partial charge < -0.3 is 4.90 Å². The van der Waals surface area contributed by atoms with Crippen LogP contribution in [0.25, 0.3) is 0 Å². The molecule has 0 spiro atoms. The van der Waals surface area contributed by atoms with E-state index in [-0.39, 0.29) is 0 Å². The summed E-state index contributed by atoms with van der Waals surface area (Å²) in [6.45, 7) is 13.5. The van der Waals surface area contributed by atoms with E-state index in [1.807, 2.05) is 0 Å². The van der Waals surface area contributed by atoms with Crippen LogP contribution in [0.4, 0.5) is 0 Å². The molecule has 1 heterocycles. The van der Waals surface area contributed by atoms with Crippen molar-refractivity contribution in [2.75, 3.05) is 32.7 Å². The normalized spacial score (nSPS) is 26.3. The molecular formula is C15H30N2. The SMILES string of the molecule is CC(C)(C)N1CCN(CC2CCCCC2)CC1. The lowest BCUT2D eigenvalue weighted by Gasteiger charge is -2.43. The van der Waals surface area contributed by atoms with Gasteiger partial charge in [-0.2, -0.15) is 0 Å². The number of rotatable bonds is 2. The first-order valence-corrected chi connectivity index (χ1v) is 7.53. The van der Waals surface area contributed by atoms with Gasteiger partial charge in [0.15, 0.2) is 0 Å². The Balaban J connectivity index is 1.71. The summed E-state index contributed by atoms with van der Waals surface area (Å²) in [5.74, 6) is 1.00. The minimum Gasteiger partial charge on any atom is -0.301 e. The molecule has 0 unspecified atom stereocenters. The Morgan fingerprint density at radius 1 is 0.882 bits per heavy atom. The Bertz CT molecular complexity index is 218. The van der Waals surface area contributed by atoms with Gasteiger partial charge in [-0.15, -0.1) is 0 Å². The van der Waals surface area contributed by atoms with E-state index in [1.165, 1.54) is 64.8 Å². The first kappa shape index (κ1) is 13.4. The highest BCUT2D eigenvalue weighted by Gasteiger charge is 2.26. The second kappa shape index (κ2) is 5.71. The molecule has 0 aromatic rings.